The van der Waals surface area contributed by atoms with E-state index in [-0.39, 0.29) is 16.4 Å². The van der Waals surface area contributed by atoms with Crippen LogP contribution in [0.1, 0.15) is 11.3 Å². The van der Waals surface area contributed by atoms with Crippen molar-refractivity contribution in [2.45, 2.75) is 18.0 Å². The van der Waals surface area contributed by atoms with Gasteiger partial charge in [0.1, 0.15) is 5.82 Å². The minimum absolute atomic E-state index is 0.0243. The number of halogens is 3. The van der Waals surface area contributed by atoms with Gasteiger partial charge < -0.3 is 0 Å². The number of alkyl halides is 3. The molecule has 1 N–H and O–H groups in total. The van der Waals surface area contributed by atoms with Crippen molar-refractivity contribution in [3.63, 3.8) is 0 Å². The van der Waals surface area contributed by atoms with Crippen molar-refractivity contribution in [1.82, 2.24) is 9.78 Å². The average molecular weight is 426 g/mol. The van der Waals surface area contributed by atoms with Gasteiger partial charge in [-0.05, 0) is 43.3 Å². The van der Waals surface area contributed by atoms with Crippen LogP contribution >= 0.6 is 0 Å². The van der Waals surface area contributed by atoms with E-state index in [0.717, 1.165) is 12.1 Å². The third-order valence-electron chi connectivity index (χ3n) is 3.87. The molecule has 2 aromatic carbocycles. The molecule has 1 heterocycles. The molecule has 3 rings (SSSR count). The molecule has 12 heteroatoms. The maximum Gasteiger partial charge on any atom is 0.416 e. The number of non-ortho nitro benzene ring substituents is 1. The molecule has 0 bridgehead atoms. The summed E-state index contributed by atoms with van der Waals surface area (Å²) in [4.78, 5) is 9.83. The van der Waals surface area contributed by atoms with E-state index < -0.39 is 26.7 Å². The molecule has 8 nitrogen and oxygen atoms in total. The first kappa shape index (κ1) is 20.3. The Kier molecular flexibility index (Phi) is 5.05. The first-order valence-corrected chi connectivity index (χ1v) is 9.47. The van der Waals surface area contributed by atoms with Gasteiger partial charge in [-0.2, -0.15) is 18.3 Å². The molecule has 1 aromatic heterocycles. The number of nitrogens with one attached hydrogen (secondary N) is 1. The fraction of sp³-hybridized carbons (Fsp3) is 0.118. The van der Waals surface area contributed by atoms with E-state index in [4.69, 9.17) is 0 Å². The van der Waals surface area contributed by atoms with Gasteiger partial charge in [0.25, 0.3) is 15.7 Å². The standard InChI is InChI=1S/C17H13F3N4O4S/c1-11-10-16(23(21-11)13-4-6-14(7-5-13)24(25)26)22-29(27,28)15-8-2-12(3-9-15)17(18,19)20/h2-10,22H,1H3. The number of aromatic nitrogens is 2. The first-order chi connectivity index (χ1) is 13.5. The van der Waals surface area contributed by atoms with E-state index in [1.807, 2.05) is 0 Å². The monoisotopic (exact) mass is 426 g/mol. The lowest BCUT2D eigenvalue weighted by atomic mass is 10.2. The van der Waals surface area contributed by atoms with Crippen LogP contribution in [0.5, 0.6) is 0 Å². The Labute approximate surface area is 162 Å². The van der Waals surface area contributed by atoms with Gasteiger partial charge in [-0.1, -0.05) is 0 Å². The highest BCUT2D eigenvalue weighted by Gasteiger charge is 2.30. The van der Waals surface area contributed by atoms with Gasteiger partial charge in [0.2, 0.25) is 0 Å². The van der Waals surface area contributed by atoms with Crippen molar-refractivity contribution in [2.24, 2.45) is 0 Å². The molecule has 0 unspecified atom stereocenters. The lowest BCUT2D eigenvalue weighted by Gasteiger charge is -2.12. The zero-order chi connectivity index (χ0) is 21.4. The Morgan fingerprint density at radius 3 is 2.17 bits per heavy atom. The highest BCUT2D eigenvalue weighted by Crippen LogP contribution is 2.30. The van der Waals surface area contributed by atoms with Gasteiger partial charge in [-0.3, -0.25) is 14.8 Å². The van der Waals surface area contributed by atoms with Crippen molar-refractivity contribution in [2.75, 3.05) is 4.72 Å². The van der Waals surface area contributed by atoms with Crippen LogP contribution in [0, 0.1) is 17.0 Å². The number of hydrogen-bond donors (Lipinski definition) is 1. The molecule has 0 amide bonds. The van der Waals surface area contributed by atoms with Gasteiger partial charge in [-0.25, -0.2) is 13.1 Å². The summed E-state index contributed by atoms with van der Waals surface area (Å²) in [5.74, 6) is 0.0243. The van der Waals surface area contributed by atoms with Gasteiger partial charge in [0, 0.05) is 18.2 Å². The highest BCUT2D eigenvalue weighted by molar-refractivity contribution is 7.92. The molecule has 0 fully saturated rings. The van der Waals surface area contributed by atoms with Crippen molar-refractivity contribution in [3.8, 4) is 5.69 Å². The van der Waals surface area contributed by atoms with Crippen LogP contribution in [0.3, 0.4) is 0 Å². The minimum Gasteiger partial charge on any atom is -0.263 e. The molecular weight excluding hydrogens is 413 g/mol. The normalized spacial score (nSPS) is 12.0. The predicted molar refractivity (Wildman–Crippen MR) is 97.2 cm³/mol. The molecule has 29 heavy (non-hydrogen) atoms. The third-order valence-corrected chi connectivity index (χ3v) is 5.24. The van der Waals surface area contributed by atoms with Gasteiger partial charge in [0.15, 0.2) is 0 Å². The summed E-state index contributed by atoms with van der Waals surface area (Å²) < 4.78 is 66.6. The Bertz CT molecular complexity index is 1150. The third kappa shape index (κ3) is 4.37. The second-order valence-electron chi connectivity index (χ2n) is 5.98. The number of hydrogen-bond acceptors (Lipinski definition) is 5. The zero-order valence-electron chi connectivity index (χ0n) is 14.7. The lowest BCUT2D eigenvalue weighted by Crippen LogP contribution is -2.16. The summed E-state index contributed by atoms with van der Waals surface area (Å²) in [6.07, 6.45) is -4.58. The number of sulfonamides is 1. The van der Waals surface area contributed by atoms with E-state index in [1.165, 1.54) is 35.0 Å². The van der Waals surface area contributed by atoms with Crippen LogP contribution in [-0.2, 0) is 16.2 Å². The van der Waals surface area contributed by atoms with E-state index >= 15 is 0 Å². The summed E-state index contributed by atoms with van der Waals surface area (Å²) in [5.41, 5.74) is -0.310. The van der Waals surface area contributed by atoms with Gasteiger partial charge in [-0.15, -0.1) is 0 Å². The largest absolute Gasteiger partial charge is 0.416 e. The average Bonchev–Trinajstić information content (AvgIpc) is 3.00. The summed E-state index contributed by atoms with van der Waals surface area (Å²) in [7, 11) is -4.20. The molecule has 3 aromatic rings. The molecule has 0 atom stereocenters. The van der Waals surface area contributed by atoms with Crippen molar-refractivity contribution in [1.29, 1.82) is 0 Å². The molecule has 0 saturated heterocycles. The molecule has 0 aliphatic heterocycles. The lowest BCUT2D eigenvalue weighted by molar-refractivity contribution is -0.384. The number of aryl methyl sites for hydroxylation is 1. The quantitative estimate of drug-likeness (QED) is 0.492. The Morgan fingerprint density at radius 2 is 1.66 bits per heavy atom. The second kappa shape index (κ2) is 7.20. The summed E-state index contributed by atoms with van der Waals surface area (Å²) in [5, 5.41) is 14.9. The molecule has 152 valence electrons. The molecular formula is C17H13F3N4O4S. The maximum absolute atomic E-state index is 12.7. The topological polar surface area (TPSA) is 107 Å². The first-order valence-electron chi connectivity index (χ1n) is 7.99. The summed E-state index contributed by atoms with van der Waals surface area (Å²) >= 11 is 0. The number of nitro groups is 1. The number of nitrogens with zero attached hydrogens (tertiary/aromatic N) is 3. The number of rotatable bonds is 5. The minimum atomic E-state index is -4.58. The molecule has 0 aliphatic carbocycles. The SMILES string of the molecule is Cc1cc(NS(=O)(=O)c2ccc(C(F)(F)F)cc2)n(-c2ccc([N+](=O)[O-])cc2)n1. The van der Waals surface area contributed by atoms with Crippen LogP contribution in [0.25, 0.3) is 5.69 Å². The second-order valence-corrected chi connectivity index (χ2v) is 7.67. The van der Waals surface area contributed by atoms with E-state index in [0.29, 0.717) is 23.5 Å². The Balaban J connectivity index is 1.93. The molecule has 0 saturated carbocycles. The Hall–Kier alpha value is -3.41. The van der Waals surface area contributed by atoms with Crippen LogP contribution < -0.4 is 4.72 Å². The summed E-state index contributed by atoms with van der Waals surface area (Å²) in [6, 6.07) is 9.72. The van der Waals surface area contributed by atoms with Crippen LogP contribution in [0.2, 0.25) is 0 Å². The van der Waals surface area contributed by atoms with Crippen LogP contribution in [-0.4, -0.2) is 23.1 Å². The van der Waals surface area contributed by atoms with Gasteiger partial charge >= 0.3 is 6.18 Å². The van der Waals surface area contributed by atoms with Crippen molar-refractivity contribution in [3.05, 3.63) is 76.0 Å². The number of anilines is 1. The van der Waals surface area contributed by atoms with E-state index in [9.17, 15) is 31.7 Å². The fourth-order valence-electron chi connectivity index (χ4n) is 2.50. The molecule has 0 spiro atoms. The van der Waals surface area contributed by atoms with E-state index in [1.54, 1.807) is 6.92 Å². The van der Waals surface area contributed by atoms with Crippen molar-refractivity contribution >= 4 is 21.5 Å². The van der Waals surface area contributed by atoms with Gasteiger partial charge in [0.05, 0.1) is 26.8 Å². The summed E-state index contributed by atoms with van der Waals surface area (Å²) in [6.45, 7) is 1.61. The molecule has 0 aliphatic rings. The van der Waals surface area contributed by atoms with Crippen LogP contribution in [0.15, 0.2) is 59.5 Å². The zero-order valence-corrected chi connectivity index (χ0v) is 15.5. The fourth-order valence-corrected chi connectivity index (χ4v) is 3.54. The number of benzene rings is 2. The van der Waals surface area contributed by atoms with E-state index in [2.05, 4.69) is 9.82 Å². The van der Waals surface area contributed by atoms with Crippen LogP contribution in [0.4, 0.5) is 24.7 Å². The smallest absolute Gasteiger partial charge is 0.263 e. The maximum atomic E-state index is 12.7. The Morgan fingerprint density at radius 1 is 1.07 bits per heavy atom. The van der Waals surface area contributed by atoms with Crippen molar-refractivity contribution < 1.29 is 26.5 Å². The predicted octanol–water partition coefficient (Wildman–Crippen LogP) is 3.91. The number of nitro benzene ring substituents is 1. The highest BCUT2D eigenvalue weighted by atomic mass is 32.2. The molecule has 0 radical (unpaired) electrons.